The fourth-order valence-corrected chi connectivity index (χ4v) is 2.86. The smallest absolute Gasteiger partial charge is 0.313 e. The van der Waals surface area contributed by atoms with E-state index in [9.17, 15) is 17.6 Å². The van der Waals surface area contributed by atoms with Gasteiger partial charge in [0.05, 0.1) is 24.5 Å². The first-order valence-corrected chi connectivity index (χ1v) is 9.61. The molecule has 0 aliphatic carbocycles. The van der Waals surface area contributed by atoms with Crippen molar-refractivity contribution in [1.82, 2.24) is 0 Å². The summed E-state index contributed by atoms with van der Waals surface area (Å²) in [7, 11) is -3.56. The number of ether oxygens (including phenoxy) is 1. The van der Waals surface area contributed by atoms with Gasteiger partial charge in [0.25, 0.3) is 0 Å². The monoisotopic (exact) mass is 345 g/mol. The zero-order chi connectivity index (χ0) is 17.5. The number of sulfonamides is 1. The highest BCUT2D eigenvalue weighted by Gasteiger charge is 2.23. The van der Waals surface area contributed by atoms with Gasteiger partial charge < -0.3 is 4.74 Å². The molecule has 0 amide bonds. The number of nitrogens with one attached hydrogen (secondary N) is 1. The van der Waals surface area contributed by atoms with Crippen LogP contribution in [0.15, 0.2) is 18.2 Å². The molecule has 23 heavy (non-hydrogen) atoms. The second-order valence-corrected chi connectivity index (χ2v) is 7.16. The maximum atomic E-state index is 14.1. The van der Waals surface area contributed by atoms with E-state index in [2.05, 4.69) is 11.6 Å². The highest BCUT2D eigenvalue weighted by Crippen LogP contribution is 2.27. The summed E-state index contributed by atoms with van der Waals surface area (Å²) in [6.07, 6.45) is 4.36. The maximum Gasteiger partial charge on any atom is 0.313 e. The van der Waals surface area contributed by atoms with E-state index in [1.165, 1.54) is 12.1 Å². The van der Waals surface area contributed by atoms with Crippen LogP contribution < -0.4 is 4.72 Å². The minimum atomic E-state index is -3.56. The van der Waals surface area contributed by atoms with Crippen molar-refractivity contribution in [2.45, 2.75) is 45.4 Å². The van der Waals surface area contributed by atoms with Crippen LogP contribution in [0.1, 0.15) is 51.0 Å². The molecule has 7 heteroatoms. The first-order valence-electron chi connectivity index (χ1n) is 7.72. The summed E-state index contributed by atoms with van der Waals surface area (Å²) in [5, 5.41) is 0. The van der Waals surface area contributed by atoms with Crippen molar-refractivity contribution < 1.29 is 22.3 Å². The first kappa shape index (κ1) is 19.4. The summed E-state index contributed by atoms with van der Waals surface area (Å²) in [5.74, 6) is -1.63. The van der Waals surface area contributed by atoms with E-state index in [0.717, 1.165) is 25.5 Å². The van der Waals surface area contributed by atoms with Crippen molar-refractivity contribution in [2.75, 3.05) is 17.6 Å². The highest BCUT2D eigenvalue weighted by atomic mass is 32.2. The van der Waals surface area contributed by atoms with Gasteiger partial charge in [0.2, 0.25) is 10.0 Å². The zero-order valence-electron chi connectivity index (χ0n) is 13.8. The quantitative estimate of drug-likeness (QED) is 0.550. The molecule has 0 bridgehead atoms. The Morgan fingerprint density at radius 3 is 2.52 bits per heavy atom. The molecule has 0 aromatic heterocycles. The molecule has 130 valence electrons. The third-order valence-corrected chi connectivity index (χ3v) is 3.95. The zero-order valence-corrected chi connectivity index (χ0v) is 14.6. The van der Waals surface area contributed by atoms with Gasteiger partial charge in [-0.2, -0.15) is 0 Å². The lowest BCUT2D eigenvalue weighted by Crippen LogP contribution is -2.17. The molecule has 1 aromatic rings. The Labute approximate surface area is 137 Å². The van der Waals surface area contributed by atoms with Crippen LogP contribution in [0.2, 0.25) is 0 Å². The van der Waals surface area contributed by atoms with Gasteiger partial charge >= 0.3 is 5.97 Å². The Kier molecular flexibility index (Phi) is 7.48. The number of halogens is 1. The van der Waals surface area contributed by atoms with Crippen molar-refractivity contribution in [1.29, 1.82) is 0 Å². The minimum absolute atomic E-state index is 0.132. The third kappa shape index (κ3) is 6.56. The van der Waals surface area contributed by atoms with E-state index < -0.39 is 21.8 Å². The molecule has 0 saturated heterocycles. The van der Waals surface area contributed by atoms with E-state index in [4.69, 9.17) is 4.74 Å². The fraction of sp³-hybridized carbons (Fsp3) is 0.562. The molecule has 0 spiro atoms. The Balaban J connectivity index is 3.01. The molecule has 1 N–H and O–H groups in total. The summed E-state index contributed by atoms with van der Waals surface area (Å²) in [5.41, 5.74) is 0.364. The normalized spacial score (nSPS) is 12.7. The van der Waals surface area contributed by atoms with Gasteiger partial charge in [-0.25, -0.2) is 12.8 Å². The molecule has 0 saturated carbocycles. The first-order chi connectivity index (χ1) is 10.8. The molecule has 0 radical (unpaired) electrons. The van der Waals surface area contributed by atoms with Crippen molar-refractivity contribution in [2.24, 2.45) is 0 Å². The molecule has 1 unspecified atom stereocenters. The topological polar surface area (TPSA) is 72.5 Å². The van der Waals surface area contributed by atoms with E-state index in [1.54, 1.807) is 13.0 Å². The molecule has 0 heterocycles. The standard InChI is InChI=1S/C16H24FNO4S/c1-4-6-7-8-13(16(19)22-5-2)12-9-10-15(14(17)11-12)18-23(3,20)21/h9-11,13,18H,4-8H2,1-3H3. The number of unbranched alkanes of at least 4 members (excludes halogenated alkanes) is 2. The SMILES string of the molecule is CCCCCC(C(=O)OCC)c1ccc(NS(C)(=O)=O)c(F)c1. The number of esters is 1. The summed E-state index contributed by atoms with van der Waals surface area (Å²) in [6.45, 7) is 4.05. The van der Waals surface area contributed by atoms with Gasteiger partial charge in [0.15, 0.2) is 0 Å². The van der Waals surface area contributed by atoms with Gasteiger partial charge in [0, 0.05) is 0 Å². The largest absolute Gasteiger partial charge is 0.466 e. The van der Waals surface area contributed by atoms with Gasteiger partial charge in [-0.1, -0.05) is 32.3 Å². The number of anilines is 1. The summed E-state index contributed by atoms with van der Waals surface area (Å²) in [4.78, 5) is 12.1. The van der Waals surface area contributed by atoms with Crippen LogP contribution in [-0.2, 0) is 19.6 Å². The number of hydrogen-bond acceptors (Lipinski definition) is 4. The van der Waals surface area contributed by atoms with Gasteiger partial charge in [-0.3, -0.25) is 9.52 Å². The third-order valence-electron chi connectivity index (χ3n) is 3.36. The van der Waals surface area contributed by atoms with Crippen molar-refractivity contribution in [3.63, 3.8) is 0 Å². The van der Waals surface area contributed by atoms with Crippen LogP contribution in [0.4, 0.5) is 10.1 Å². The Morgan fingerprint density at radius 2 is 2.00 bits per heavy atom. The molecule has 5 nitrogen and oxygen atoms in total. The average Bonchev–Trinajstić information content (AvgIpc) is 2.45. The lowest BCUT2D eigenvalue weighted by atomic mass is 9.93. The second kappa shape index (κ2) is 8.86. The Hall–Kier alpha value is -1.63. The summed E-state index contributed by atoms with van der Waals surface area (Å²) >= 11 is 0. The van der Waals surface area contributed by atoms with Gasteiger partial charge in [-0.15, -0.1) is 0 Å². The number of carbonyl (C=O) groups is 1. The van der Waals surface area contributed by atoms with Gasteiger partial charge in [-0.05, 0) is 31.0 Å². The molecular formula is C16H24FNO4S. The molecule has 0 fully saturated rings. The molecule has 0 aliphatic heterocycles. The number of rotatable bonds is 9. The van der Waals surface area contributed by atoms with Gasteiger partial charge in [0.1, 0.15) is 5.82 Å². The molecular weight excluding hydrogens is 321 g/mol. The predicted molar refractivity (Wildman–Crippen MR) is 88.4 cm³/mol. The van der Waals surface area contributed by atoms with E-state index >= 15 is 0 Å². The molecule has 1 aromatic carbocycles. The number of hydrogen-bond donors (Lipinski definition) is 1. The lowest BCUT2D eigenvalue weighted by molar-refractivity contribution is -0.145. The van der Waals surface area contributed by atoms with Crippen LogP contribution >= 0.6 is 0 Å². The lowest BCUT2D eigenvalue weighted by Gasteiger charge is -2.17. The van der Waals surface area contributed by atoms with Crippen LogP contribution in [0.25, 0.3) is 0 Å². The number of benzene rings is 1. The van der Waals surface area contributed by atoms with Crippen LogP contribution in [0, 0.1) is 5.82 Å². The highest BCUT2D eigenvalue weighted by molar-refractivity contribution is 7.92. The second-order valence-electron chi connectivity index (χ2n) is 5.41. The fourth-order valence-electron chi connectivity index (χ4n) is 2.29. The van der Waals surface area contributed by atoms with Crippen LogP contribution in [0.5, 0.6) is 0 Å². The van der Waals surface area contributed by atoms with Crippen molar-refractivity contribution in [3.8, 4) is 0 Å². The average molecular weight is 345 g/mol. The van der Waals surface area contributed by atoms with Crippen molar-refractivity contribution >= 4 is 21.7 Å². The molecule has 1 rings (SSSR count). The summed E-state index contributed by atoms with van der Waals surface area (Å²) < 4.78 is 43.6. The predicted octanol–water partition coefficient (Wildman–Crippen LogP) is 3.42. The van der Waals surface area contributed by atoms with Crippen LogP contribution in [0.3, 0.4) is 0 Å². The Bertz CT molecular complexity index is 631. The van der Waals surface area contributed by atoms with Crippen LogP contribution in [-0.4, -0.2) is 27.2 Å². The summed E-state index contributed by atoms with van der Waals surface area (Å²) in [6, 6.07) is 4.09. The van der Waals surface area contributed by atoms with E-state index in [-0.39, 0.29) is 18.3 Å². The van der Waals surface area contributed by atoms with E-state index in [1.807, 2.05) is 0 Å². The molecule has 0 aliphatic rings. The maximum absolute atomic E-state index is 14.1. The minimum Gasteiger partial charge on any atom is -0.466 e. The molecule has 1 atom stereocenters. The Morgan fingerprint density at radius 1 is 1.30 bits per heavy atom. The van der Waals surface area contributed by atoms with E-state index in [0.29, 0.717) is 12.0 Å². The van der Waals surface area contributed by atoms with Crippen molar-refractivity contribution in [3.05, 3.63) is 29.6 Å². The number of carbonyl (C=O) groups excluding carboxylic acids is 1.